The minimum atomic E-state index is -0.853. The number of nitrogens with zero attached hydrogens (tertiary/aromatic N) is 2. The average Bonchev–Trinajstić information content (AvgIpc) is 2.74. The maximum atomic E-state index is 14.7. The molecule has 0 saturated carbocycles. The van der Waals surface area contributed by atoms with E-state index in [0.717, 1.165) is 12.8 Å². The van der Waals surface area contributed by atoms with Crippen LogP contribution in [0.15, 0.2) is 12.1 Å². The van der Waals surface area contributed by atoms with Gasteiger partial charge in [0.05, 0.1) is 37.6 Å². The van der Waals surface area contributed by atoms with Crippen LogP contribution in [0.2, 0.25) is 0 Å². The second-order valence-electron chi connectivity index (χ2n) is 9.84. The fourth-order valence-corrected chi connectivity index (χ4v) is 4.45. The third-order valence-electron chi connectivity index (χ3n) is 6.31. The molecule has 0 unspecified atom stereocenters. The van der Waals surface area contributed by atoms with Crippen molar-refractivity contribution in [3.05, 3.63) is 40.7 Å². The summed E-state index contributed by atoms with van der Waals surface area (Å²) in [5, 5.41) is 10.2. The molecule has 1 aromatic carbocycles. The summed E-state index contributed by atoms with van der Waals surface area (Å²) in [7, 11) is 1.20. The lowest BCUT2D eigenvalue weighted by Gasteiger charge is -2.40. The number of esters is 1. The first-order chi connectivity index (χ1) is 16.0. The Balaban J connectivity index is 2.26. The molecule has 0 radical (unpaired) electrons. The Bertz CT molecular complexity index is 1040. The van der Waals surface area contributed by atoms with Gasteiger partial charge in [-0.15, -0.1) is 0 Å². The van der Waals surface area contributed by atoms with Gasteiger partial charge in [0.1, 0.15) is 0 Å². The van der Waals surface area contributed by atoms with Gasteiger partial charge in [0.15, 0.2) is 17.4 Å². The summed E-state index contributed by atoms with van der Waals surface area (Å²) in [6, 6.07) is 2.36. The third kappa shape index (κ3) is 5.49. The van der Waals surface area contributed by atoms with Crippen LogP contribution < -0.4 is 9.64 Å². The number of piperidine rings is 1. The molecular weight excluding hydrogens is 442 g/mol. The molecule has 2 aromatic rings. The fraction of sp³-hybridized carbons (Fsp3) is 0.538. The molecule has 34 heavy (non-hydrogen) atoms. The Morgan fingerprint density at radius 2 is 1.79 bits per heavy atom. The van der Waals surface area contributed by atoms with E-state index in [9.17, 15) is 18.7 Å². The minimum Gasteiger partial charge on any atom is -0.491 e. The van der Waals surface area contributed by atoms with Crippen molar-refractivity contribution in [1.29, 1.82) is 0 Å². The smallest absolute Gasteiger partial charge is 0.310 e. The largest absolute Gasteiger partial charge is 0.491 e. The summed E-state index contributed by atoms with van der Waals surface area (Å²) in [6.07, 6.45) is 1.50. The Kier molecular flexibility index (Phi) is 7.81. The van der Waals surface area contributed by atoms with Crippen molar-refractivity contribution in [2.24, 2.45) is 5.41 Å². The molecule has 1 aliphatic heterocycles. The maximum absolute atomic E-state index is 14.7. The first-order valence-corrected chi connectivity index (χ1v) is 11.6. The molecule has 2 heterocycles. The predicted molar refractivity (Wildman–Crippen MR) is 127 cm³/mol. The zero-order chi connectivity index (χ0) is 25.2. The van der Waals surface area contributed by atoms with Crippen molar-refractivity contribution in [1.82, 2.24) is 4.98 Å². The van der Waals surface area contributed by atoms with E-state index in [2.05, 4.69) is 23.7 Å². The summed E-state index contributed by atoms with van der Waals surface area (Å²) >= 11 is 0. The van der Waals surface area contributed by atoms with Crippen LogP contribution in [0.3, 0.4) is 0 Å². The number of carbonyl (C=O) groups is 1. The van der Waals surface area contributed by atoms with E-state index in [4.69, 9.17) is 9.47 Å². The van der Waals surface area contributed by atoms with Gasteiger partial charge in [0, 0.05) is 29.9 Å². The van der Waals surface area contributed by atoms with Crippen LogP contribution in [0.4, 0.5) is 14.5 Å². The van der Waals surface area contributed by atoms with E-state index < -0.39 is 30.0 Å². The molecule has 1 aliphatic rings. The van der Waals surface area contributed by atoms with E-state index in [1.165, 1.54) is 19.2 Å². The summed E-state index contributed by atoms with van der Waals surface area (Å²) in [5.74, 6) is -2.59. The molecule has 186 valence electrons. The van der Waals surface area contributed by atoms with Crippen molar-refractivity contribution in [3.63, 3.8) is 0 Å². The Labute approximate surface area is 199 Å². The third-order valence-corrected chi connectivity index (χ3v) is 6.31. The fourth-order valence-electron chi connectivity index (χ4n) is 4.45. The van der Waals surface area contributed by atoms with E-state index in [-0.39, 0.29) is 23.5 Å². The molecular formula is C26H34F2N2O4. The maximum Gasteiger partial charge on any atom is 0.310 e. The van der Waals surface area contributed by atoms with Gasteiger partial charge in [-0.3, -0.25) is 9.78 Å². The molecule has 8 heteroatoms. The van der Waals surface area contributed by atoms with Crippen molar-refractivity contribution in [3.8, 4) is 16.9 Å². The normalized spacial score (nSPS) is 15.5. The molecule has 0 aliphatic carbocycles. The highest BCUT2D eigenvalue weighted by Gasteiger charge is 2.31. The van der Waals surface area contributed by atoms with Crippen LogP contribution in [0.5, 0.6) is 5.75 Å². The predicted octanol–water partition coefficient (Wildman–Crippen LogP) is 4.96. The van der Waals surface area contributed by atoms with Crippen molar-refractivity contribution in [2.45, 2.75) is 66.6 Å². The van der Waals surface area contributed by atoms with Crippen LogP contribution in [-0.2, 0) is 22.6 Å². The van der Waals surface area contributed by atoms with E-state index in [1.807, 2.05) is 0 Å². The molecule has 1 saturated heterocycles. The van der Waals surface area contributed by atoms with Crippen LogP contribution in [0.25, 0.3) is 11.1 Å². The number of ether oxygens (including phenoxy) is 2. The second-order valence-corrected chi connectivity index (χ2v) is 9.84. The quantitative estimate of drug-likeness (QED) is 0.570. The number of rotatable bonds is 7. The van der Waals surface area contributed by atoms with E-state index in [1.54, 1.807) is 20.8 Å². The van der Waals surface area contributed by atoms with Crippen molar-refractivity contribution in [2.75, 3.05) is 25.1 Å². The summed E-state index contributed by atoms with van der Waals surface area (Å²) in [4.78, 5) is 19.3. The standard InChI is InChI=1S/C26H34F2N2O4/c1-15(2)34-22(32)13-18-16(3)29-21(14-31)23(17-11-19(27)25(33-6)20(28)12-17)24(18)30-9-7-26(4,5)8-10-30/h11-12,15,31H,7-10,13-14H2,1-6H3. The number of pyridine rings is 1. The number of anilines is 1. The van der Waals surface area contributed by atoms with Gasteiger partial charge in [-0.2, -0.15) is 0 Å². The number of benzene rings is 1. The van der Waals surface area contributed by atoms with Gasteiger partial charge < -0.3 is 19.5 Å². The van der Waals surface area contributed by atoms with Gasteiger partial charge in [0.2, 0.25) is 0 Å². The second kappa shape index (κ2) is 10.3. The van der Waals surface area contributed by atoms with Crippen LogP contribution >= 0.6 is 0 Å². The molecule has 1 aromatic heterocycles. The molecule has 0 spiro atoms. The number of aliphatic hydroxyl groups is 1. The summed E-state index contributed by atoms with van der Waals surface area (Å²) < 4.78 is 39.6. The number of hydrogen-bond donors (Lipinski definition) is 1. The first-order valence-electron chi connectivity index (χ1n) is 11.6. The lowest BCUT2D eigenvalue weighted by atomic mass is 9.82. The van der Waals surface area contributed by atoms with Crippen LogP contribution in [-0.4, -0.2) is 42.4 Å². The van der Waals surface area contributed by atoms with Gasteiger partial charge in [-0.05, 0) is 56.7 Å². The lowest BCUT2D eigenvalue weighted by molar-refractivity contribution is -0.146. The van der Waals surface area contributed by atoms with Gasteiger partial charge in [-0.1, -0.05) is 13.8 Å². The highest BCUT2D eigenvalue weighted by Crippen LogP contribution is 2.43. The van der Waals surface area contributed by atoms with Gasteiger partial charge >= 0.3 is 5.97 Å². The van der Waals surface area contributed by atoms with Crippen LogP contribution in [0.1, 0.15) is 57.5 Å². The lowest BCUT2D eigenvalue weighted by Crippen LogP contribution is -2.38. The first kappa shape index (κ1) is 25.9. The monoisotopic (exact) mass is 476 g/mol. The number of aliphatic hydroxyl groups excluding tert-OH is 1. The van der Waals surface area contributed by atoms with Crippen molar-refractivity contribution >= 4 is 11.7 Å². The molecule has 0 bridgehead atoms. The SMILES string of the molecule is COc1c(F)cc(-c2c(CO)nc(C)c(CC(=O)OC(C)C)c2N2CCC(C)(C)CC2)cc1F. The molecule has 0 atom stereocenters. The number of aromatic nitrogens is 1. The highest BCUT2D eigenvalue weighted by atomic mass is 19.1. The number of hydrogen-bond acceptors (Lipinski definition) is 6. The number of aryl methyl sites for hydroxylation is 1. The van der Waals surface area contributed by atoms with E-state index >= 15 is 0 Å². The number of halogens is 2. The summed E-state index contributed by atoms with van der Waals surface area (Å²) in [6.45, 7) is 10.7. The molecule has 3 rings (SSSR count). The minimum absolute atomic E-state index is 0.0356. The summed E-state index contributed by atoms with van der Waals surface area (Å²) in [5.41, 5.74) is 2.97. The average molecular weight is 477 g/mol. The molecule has 0 amide bonds. The number of methoxy groups -OCH3 is 1. The van der Waals surface area contributed by atoms with Gasteiger partial charge in [-0.25, -0.2) is 8.78 Å². The Morgan fingerprint density at radius 3 is 2.29 bits per heavy atom. The number of carbonyl (C=O) groups excluding carboxylic acids is 1. The zero-order valence-corrected chi connectivity index (χ0v) is 20.8. The molecule has 1 N–H and O–H groups in total. The van der Waals surface area contributed by atoms with Crippen LogP contribution in [0, 0.1) is 24.0 Å². The Hall–Kier alpha value is -2.74. The highest BCUT2D eigenvalue weighted by molar-refractivity contribution is 5.87. The van der Waals surface area contributed by atoms with E-state index in [0.29, 0.717) is 41.3 Å². The van der Waals surface area contributed by atoms with Gasteiger partial charge in [0.25, 0.3) is 0 Å². The topological polar surface area (TPSA) is 71.9 Å². The zero-order valence-electron chi connectivity index (χ0n) is 20.8. The van der Waals surface area contributed by atoms with Crippen molar-refractivity contribution < 1.29 is 28.2 Å². The Morgan fingerprint density at radius 1 is 1.21 bits per heavy atom. The molecule has 1 fully saturated rings. The molecule has 6 nitrogen and oxygen atoms in total.